The van der Waals surface area contributed by atoms with Crippen LogP contribution in [0.4, 0.5) is 0 Å². The summed E-state index contributed by atoms with van der Waals surface area (Å²) in [5.41, 5.74) is 2.99. The van der Waals surface area contributed by atoms with E-state index >= 15 is 0 Å². The summed E-state index contributed by atoms with van der Waals surface area (Å²) in [6.45, 7) is 2.02. The molecule has 1 heteroatoms. The summed E-state index contributed by atoms with van der Waals surface area (Å²) in [6.07, 6.45) is 6.50. The molecule has 0 radical (unpaired) electrons. The third-order valence-corrected chi connectivity index (χ3v) is 2.86. The molecule has 1 aliphatic rings. The predicted octanol–water partition coefficient (Wildman–Crippen LogP) is 3.68. The highest BCUT2D eigenvalue weighted by Crippen LogP contribution is 2.21. The zero-order chi connectivity index (χ0) is 10.7. The largest absolute Gasteiger partial charge is 0.289 e. The van der Waals surface area contributed by atoms with E-state index in [9.17, 15) is 4.79 Å². The monoisotopic (exact) mass is 200 g/mol. The van der Waals surface area contributed by atoms with Crippen molar-refractivity contribution in [1.29, 1.82) is 0 Å². The molecule has 0 fully saturated rings. The number of carbonyl (C=O) groups excluding carboxylic acids is 1. The van der Waals surface area contributed by atoms with Crippen LogP contribution < -0.4 is 0 Å². The lowest BCUT2D eigenvalue weighted by Gasteiger charge is -2.11. The summed E-state index contributed by atoms with van der Waals surface area (Å²) in [7, 11) is 0. The summed E-state index contributed by atoms with van der Waals surface area (Å²) >= 11 is 0. The lowest BCUT2D eigenvalue weighted by atomic mass is 9.92. The van der Waals surface area contributed by atoms with Crippen LogP contribution in [-0.4, -0.2) is 5.78 Å². The Kier molecular flexibility index (Phi) is 3.00. The van der Waals surface area contributed by atoms with Gasteiger partial charge in [-0.25, -0.2) is 0 Å². The van der Waals surface area contributed by atoms with Gasteiger partial charge in [0.2, 0.25) is 0 Å². The molecule has 78 valence electrons. The molecule has 0 N–H and O–H groups in total. The number of allylic oxidation sites excluding steroid dienone is 2. The average Bonchev–Trinajstić information content (AvgIpc) is 2.29. The van der Waals surface area contributed by atoms with Gasteiger partial charge >= 0.3 is 0 Å². The Bertz CT molecular complexity index is 402. The van der Waals surface area contributed by atoms with Crippen molar-refractivity contribution in [2.75, 3.05) is 0 Å². The van der Waals surface area contributed by atoms with E-state index < -0.39 is 0 Å². The number of Topliss-reactive ketones (excluding diaryl/α,β-unsaturated/α-hetero) is 1. The number of aryl methyl sites for hydroxylation is 1. The molecule has 1 aliphatic carbocycles. The molecule has 1 aromatic rings. The summed E-state index contributed by atoms with van der Waals surface area (Å²) < 4.78 is 0. The third-order valence-electron chi connectivity index (χ3n) is 2.86. The van der Waals surface area contributed by atoms with E-state index in [4.69, 9.17) is 0 Å². The minimum absolute atomic E-state index is 0.221. The third kappa shape index (κ3) is 2.35. The van der Waals surface area contributed by atoms with Crippen LogP contribution in [0.15, 0.2) is 35.9 Å². The second-order valence-electron chi connectivity index (χ2n) is 4.17. The summed E-state index contributed by atoms with van der Waals surface area (Å²) in [5, 5.41) is 0. The number of hydrogen-bond donors (Lipinski definition) is 0. The fourth-order valence-corrected chi connectivity index (χ4v) is 2.02. The zero-order valence-electron chi connectivity index (χ0n) is 9.12. The van der Waals surface area contributed by atoms with Crippen molar-refractivity contribution < 1.29 is 4.79 Å². The van der Waals surface area contributed by atoms with E-state index in [1.54, 1.807) is 0 Å². The van der Waals surface area contributed by atoms with Gasteiger partial charge in [0.25, 0.3) is 0 Å². The number of ketones is 1. The average molecular weight is 200 g/mol. The van der Waals surface area contributed by atoms with Crippen molar-refractivity contribution in [3.63, 3.8) is 0 Å². The highest BCUT2D eigenvalue weighted by atomic mass is 16.1. The smallest absolute Gasteiger partial charge is 0.188 e. The Morgan fingerprint density at radius 1 is 1.27 bits per heavy atom. The molecular weight excluding hydrogens is 184 g/mol. The molecule has 0 spiro atoms. The number of carbonyl (C=O) groups is 1. The molecule has 2 rings (SSSR count). The zero-order valence-corrected chi connectivity index (χ0v) is 9.12. The second kappa shape index (κ2) is 4.43. The maximum absolute atomic E-state index is 12.1. The van der Waals surface area contributed by atoms with Gasteiger partial charge < -0.3 is 0 Å². The summed E-state index contributed by atoms with van der Waals surface area (Å²) in [6, 6.07) is 7.85. The fourth-order valence-electron chi connectivity index (χ4n) is 2.02. The maximum Gasteiger partial charge on any atom is 0.188 e. The number of rotatable bonds is 2. The molecule has 0 unspecified atom stereocenters. The van der Waals surface area contributed by atoms with Crippen molar-refractivity contribution in [3.8, 4) is 0 Å². The summed E-state index contributed by atoms with van der Waals surface area (Å²) in [5.74, 6) is 0.221. The molecule has 0 aromatic heterocycles. The lowest BCUT2D eigenvalue weighted by Crippen LogP contribution is -2.06. The van der Waals surface area contributed by atoms with Gasteiger partial charge in [-0.3, -0.25) is 4.79 Å². The van der Waals surface area contributed by atoms with E-state index in [1.807, 2.05) is 31.2 Å². The van der Waals surface area contributed by atoms with Gasteiger partial charge in [0.15, 0.2) is 5.78 Å². The van der Waals surface area contributed by atoms with Crippen molar-refractivity contribution in [2.45, 2.75) is 32.6 Å². The SMILES string of the molecule is Cc1cccc(C(=O)C2=CCCCC2)c1. The molecule has 0 aliphatic heterocycles. The van der Waals surface area contributed by atoms with Crippen molar-refractivity contribution in [3.05, 3.63) is 47.0 Å². The Labute approximate surface area is 90.8 Å². The molecule has 0 atom stereocenters. The first kappa shape index (κ1) is 10.2. The first-order chi connectivity index (χ1) is 7.27. The Morgan fingerprint density at radius 2 is 2.13 bits per heavy atom. The molecule has 1 nitrogen and oxygen atoms in total. The minimum Gasteiger partial charge on any atom is -0.289 e. The Balaban J connectivity index is 2.24. The quantitative estimate of drug-likeness (QED) is 0.665. The molecule has 15 heavy (non-hydrogen) atoms. The fraction of sp³-hybridized carbons (Fsp3) is 0.357. The maximum atomic E-state index is 12.1. The Morgan fingerprint density at radius 3 is 2.80 bits per heavy atom. The van der Waals surface area contributed by atoms with Crippen LogP contribution in [0.1, 0.15) is 41.6 Å². The predicted molar refractivity (Wildman–Crippen MR) is 62.1 cm³/mol. The first-order valence-corrected chi connectivity index (χ1v) is 5.58. The van der Waals surface area contributed by atoms with E-state index in [2.05, 4.69) is 6.08 Å². The van der Waals surface area contributed by atoms with Gasteiger partial charge in [-0.05, 0) is 44.2 Å². The number of benzene rings is 1. The minimum atomic E-state index is 0.221. The topological polar surface area (TPSA) is 17.1 Å². The molecule has 0 amide bonds. The lowest BCUT2D eigenvalue weighted by molar-refractivity contribution is 0.102. The molecular formula is C14H16O. The molecule has 0 saturated carbocycles. The van der Waals surface area contributed by atoms with E-state index in [-0.39, 0.29) is 5.78 Å². The highest BCUT2D eigenvalue weighted by Gasteiger charge is 2.13. The molecule has 1 aromatic carbocycles. The van der Waals surface area contributed by atoms with Crippen molar-refractivity contribution >= 4 is 5.78 Å². The van der Waals surface area contributed by atoms with Gasteiger partial charge in [-0.2, -0.15) is 0 Å². The van der Waals surface area contributed by atoms with Gasteiger partial charge in [0, 0.05) is 5.56 Å². The van der Waals surface area contributed by atoms with Crippen LogP contribution in [-0.2, 0) is 0 Å². The van der Waals surface area contributed by atoms with E-state index in [0.29, 0.717) is 0 Å². The Hall–Kier alpha value is -1.37. The highest BCUT2D eigenvalue weighted by molar-refractivity contribution is 6.08. The van der Waals surface area contributed by atoms with Gasteiger partial charge in [-0.15, -0.1) is 0 Å². The van der Waals surface area contributed by atoms with Crippen LogP contribution in [0.5, 0.6) is 0 Å². The van der Waals surface area contributed by atoms with E-state index in [1.165, 1.54) is 6.42 Å². The van der Waals surface area contributed by atoms with Crippen LogP contribution in [0.3, 0.4) is 0 Å². The van der Waals surface area contributed by atoms with Gasteiger partial charge in [-0.1, -0.05) is 29.8 Å². The molecule has 0 heterocycles. The van der Waals surface area contributed by atoms with Gasteiger partial charge in [0.05, 0.1) is 0 Å². The van der Waals surface area contributed by atoms with Gasteiger partial charge in [0.1, 0.15) is 0 Å². The van der Waals surface area contributed by atoms with Crippen LogP contribution in [0, 0.1) is 6.92 Å². The number of hydrogen-bond acceptors (Lipinski definition) is 1. The second-order valence-corrected chi connectivity index (χ2v) is 4.17. The van der Waals surface area contributed by atoms with Crippen molar-refractivity contribution in [1.82, 2.24) is 0 Å². The van der Waals surface area contributed by atoms with Crippen molar-refractivity contribution in [2.24, 2.45) is 0 Å². The van der Waals surface area contributed by atoms with Crippen LogP contribution >= 0.6 is 0 Å². The normalized spacial score (nSPS) is 15.9. The molecule has 0 bridgehead atoms. The van der Waals surface area contributed by atoms with Crippen LogP contribution in [0.25, 0.3) is 0 Å². The molecule has 0 saturated heterocycles. The standard InChI is InChI=1S/C14H16O/c1-11-6-5-9-13(10-11)14(15)12-7-3-2-4-8-12/h5-7,9-10H,2-4,8H2,1H3. The van der Waals surface area contributed by atoms with E-state index in [0.717, 1.165) is 36.0 Å². The van der Waals surface area contributed by atoms with Crippen LogP contribution in [0.2, 0.25) is 0 Å². The summed E-state index contributed by atoms with van der Waals surface area (Å²) in [4.78, 5) is 12.1. The first-order valence-electron chi connectivity index (χ1n) is 5.58.